The Hall–Kier alpha value is -3.66. The molecule has 0 aliphatic rings. The summed E-state index contributed by atoms with van der Waals surface area (Å²) < 4.78 is 26.5. The molecule has 3 N–H and O–H groups in total. The molecule has 30 heavy (non-hydrogen) atoms. The summed E-state index contributed by atoms with van der Waals surface area (Å²) >= 11 is 1.08. The van der Waals surface area contributed by atoms with Crippen molar-refractivity contribution < 1.29 is 23.2 Å². The van der Waals surface area contributed by atoms with Crippen molar-refractivity contribution in [3.8, 4) is 0 Å². The molecule has 0 fully saturated rings. The SMILES string of the molecule is O=C(Cc1ccc(F)cc1)NNC(=O)Cc1csc(NC(=O)c2ccccc2F)n1. The minimum atomic E-state index is -0.650. The molecule has 0 aliphatic carbocycles. The number of anilines is 1. The number of hydrogen-bond acceptors (Lipinski definition) is 5. The van der Waals surface area contributed by atoms with Crippen LogP contribution in [0.5, 0.6) is 0 Å². The van der Waals surface area contributed by atoms with E-state index in [1.807, 2.05) is 0 Å². The van der Waals surface area contributed by atoms with Crippen molar-refractivity contribution in [2.75, 3.05) is 5.32 Å². The van der Waals surface area contributed by atoms with Crippen LogP contribution in [0.4, 0.5) is 13.9 Å². The zero-order valence-electron chi connectivity index (χ0n) is 15.4. The second-order valence-electron chi connectivity index (χ2n) is 6.15. The average Bonchev–Trinajstić information content (AvgIpc) is 3.15. The second kappa shape index (κ2) is 9.70. The summed E-state index contributed by atoms with van der Waals surface area (Å²) in [6.45, 7) is 0. The Morgan fingerprint density at radius 3 is 2.27 bits per heavy atom. The number of nitrogens with one attached hydrogen (secondary N) is 3. The first kappa shape index (κ1) is 21.1. The van der Waals surface area contributed by atoms with Gasteiger partial charge < -0.3 is 0 Å². The van der Waals surface area contributed by atoms with Gasteiger partial charge in [-0.3, -0.25) is 30.6 Å². The van der Waals surface area contributed by atoms with E-state index in [0.717, 1.165) is 11.3 Å². The quantitative estimate of drug-likeness (QED) is 0.524. The first-order valence-electron chi connectivity index (χ1n) is 8.73. The Morgan fingerprint density at radius 2 is 1.57 bits per heavy atom. The number of hydrogen-bond donors (Lipinski definition) is 3. The third-order valence-electron chi connectivity index (χ3n) is 3.85. The number of rotatable bonds is 6. The predicted octanol–water partition coefficient (Wildman–Crippen LogP) is 2.61. The number of halogens is 2. The molecule has 3 rings (SSSR count). The first-order chi connectivity index (χ1) is 14.4. The highest BCUT2D eigenvalue weighted by Crippen LogP contribution is 2.17. The van der Waals surface area contributed by atoms with E-state index in [2.05, 4.69) is 21.2 Å². The summed E-state index contributed by atoms with van der Waals surface area (Å²) in [5, 5.41) is 4.26. The summed E-state index contributed by atoms with van der Waals surface area (Å²) in [4.78, 5) is 40.0. The zero-order chi connectivity index (χ0) is 21.5. The van der Waals surface area contributed by atoms with Gasteiger partial charge in [0, 0.05) is 5.38 Å². The molecule has 0 aliphatic heterocycles. The van der Waals surface area contributed by atoms with Gasteiger partial charge in [0.15, 0.2) is 5.13 Å². The number of thiazole rings is 1. The fraction of sp³-hybridized carbons (Fsp3) is 0.100. The second-order valence-corrected chi connectivity index (χ2v) is 7.01. The largest absolute Gasteiger partial charge is 0.298 e. The highest BCUT2D eigenvalue weighted by Gasteiger charge is 2.14. The van der Waals surface area contributed by atoms with Crippen LogP contribution in [0.3, 0.4) is 0 Å². The molecule has 10 heteroatoms. The topological polar surface area (TPSA) is 100 Å². The molecule has 3 aromatic rings. The Balaban J connectivity index is 1.46. The first-order valence-corrected chi connectivity index (χ1v) is 9.61. The van der Waals surface area contributed by atoms with Gasteiger partial charge in [-0.15, -0.1) is 11.3 Å². The van der Waals surface area contributed by atoms with Crippen LogP contribution in [-0.2, 0) is 22.4 Å². The van der Waals surface area contributed by atoms with Gasteiger partial charge in [0.25, 0.3) is 5.91 Å². The fourth-order valence-corrected chi connectivity index (χ4v) is 3.14. The van der Waals surface area contributed by atoms with Crippen molar-refractivity contribution in [1.29, 1.82) is 0 Å². The molecule has 7 nitrogen and oxygen atoms in total. The molecule has 0 saturated carbocycles. The van der Waals surface area contributed by atoms with E-state index in [0.29, 0.717) is 11.3 Å². The molecule has 3 amide bonds. The number of carbonyl (C=O) groups is 3. The van der Waals surface area contributed by atoms with Gasteiger partial charge in [-0.2, -0.15) is 0 Å². The number of nitrogens with zero attached hydrogens (tertiary/aromatic N) is 1. The van der Waals surface area contributed by atoms with Crippen molar-refractivity contribution in [1.82, 2.24) is 15.8 Å². The monoisotopic (exact) mass is 430 g/mol. The van der Waals surface area contributed by atoms with Crippen LogP contribution >= 0.6 is 11.3 Å². The molecule has 1 heterocycles. The van der Waals surface area contributed by atoms with Crippen molar-refractivity contribution in [3.63, 3.8) is 0 Å². The van der Waals surface area contributed by atoms with Crippen molar-refractivity contribution in [2.45, 2.75) is 12.8 Å². The fourth-order valence-electron chi connectivity index (χ4n) is 2.44. The normalized spacial score (nSPS) is 10.3. The Morgan fingerprint density at radius 1 is 0.900 bits per heavy atom. The highest BCUT2D eigenvalue weighted by molar-refractivity contribution is 7.14. The number of aromatic nitrogens is 1. The molecule has 1 aromatic heterocycles. The van der Waals surface area contributed by atoms with Crippen LogP contribution in [0.1, 0.15) is 21.6 Å². The van der Waals surface area contributed by atoms with Gasteiger partial charge in [-0.05, 0) is 29.8 Å². The summed E-state index contributed by atoms with van der Waals surface area (Å²) in [7, 11) is 0. The Kier molecular flexibility index (Phi) is 6.81. The standard InChI is InChI=1S/C20H16F2N4O3S/c21-13-7-5-12(6-8-13)9-17(27)25-26-18(28)10-14-11-30-20(23-14)24-19(29)15-3-1-2-4-16(15)22/h1-8,11H,9-10H2,(H,25,27)(H,26,28)(H,23,24,29). The van der Waals surface area contributed by atoms with E-state index >= 15 is 0 Å². The average molecular weight is 430 g/mol. The molecule has 0 atom stereocenters. The number of amides is 3. The number of carbonyl (C=O) groups excluding carboxylic acids is 3. The van der Waals surface area contributed by atoms with Crippen LogP contribution in [0.2, 0.25) is 0 Å². The van der Waals surface area contributed by atoms with Crippen molar-refractivity contribution in [3.05, 3.63) is 82.4 Å². The van der Waals surface area contributed by atoms with Gasteiger partial charge in [0.05, 0.1) is 24.1 Å². The summed E-state index contributed by atoms with van der Waals surface area (Å²) in [5.74, 6) is -2.68. The molecule has 0 saturated heterocycles. The number of hydrazine groups is 1. The molecule has 154 valence electrons. The highest BCUT2D eigenvalue weighted by atomic mass is 32.1. The zero-order valence-corrected chi connectivity index (χ0v) is 16.3. The van der Waals surface area contributed by atoms with Crippen LogP contribution in [0.15, 0.2) is 53.9 Å². The molecular weight excluding hydrogens is 414 g/mol. The van der Waals surface area contributed by atoms with E-state index in [4.69, 9.17) is 0 Å². The van der Waals surface area contributed by atoms with E-state index in [-0.39, 0.29) is 23.5 Å². The maximum absolute atomic E-state index is 13.6. The van der Waals surface area contributed by atoms with E-state index in [1.54, 1.807) is 11.4 Å². The van der Waals surface area contributed by atoms with Gasteiger partial charge in [0.1, 0.15) is 11.6 Å². The lowest BCUT2D eigenvalue weighted by Crippen LogP contribution is -2.43. The smallest absolute Gasteiger partial charge is 0.260 e. The third-order valence-corrected chi connectivity index (χ3v) is 4.66. The van der Waals surface area contributed by atoms with Gasteiger partial charge >= 0.3 is 0 Å². The van der Waals surface area contributed by atoms with Gasteiger partial charge in [0.2, 0.25) is 11.8 Å². The molecule has 0 radical (unpaired) electrons. The third kappa shape index (κ3) is 5.92. The molecule has 0 unspecified atom stereocenters. The minimum Gasteiger partial charge on any atom is -0.298 e. The van der Waals surface area contributed by atoms with Crippen LogP contribution in [-0.4, -0.2) is 22.7 Å². The maximum atomic E-state index is 13.6. The Bertz CT molecular complexity index is 1070. The predicted molar refractivity (Wildman–Crippen MR) is 107 cm³/mol. The summed E-state index contributed by atoms with van der Waals surface area (Å²) in [6.07, 6.45) is -0.160. The van der Waals surface area contributed by atoms with Crippen molar-refractivity contribution in [2.24, 2.45) is 0 Å². The van der Waals surface area contributed by atoms with Gasteiger partial charge in [-0.1, -0.05) is 24.3 Å². The lowest BCUT2D eigenvalue weighted by Gasteiger charge is -2.06. The van der Waals surface area contributed by atoms with Crippen LogP contribution in [0, 0.1) is 11.6 Å². The molecular formula is C20H16F2N4O3S. The lowest BCUT2D eigenvalue weighted by molar-refractivity contribution is -0.128. The molecule has 0 bridgehead atoms. The van der Waals surface area contributed by atoms with E-state index in [1.165, 1.54) is 42.5 Å². The van der Waals surface area contributed by atoms with E-state index < -0.39 is 29.4 Å². The lowest BCUT2D eigenvalue weighted by atomic mass is 10.1. The van der Waals surface area contributed by atoms with Crippen LogP contribution < -0.4 is 16.2 Å². The molecule has 2 aromatic carbocycles. The maximum Gasteiger partial charge on any atom is 0.260 e. The van der Waals surface area contributed by atoms with Crippen molar-refractivity contribution >= 4 is 34.2 Å². The molecule has 0 spiro atoms. The Labute approximate surface area is 174 Å². The summed E-state index contributed by atoms with van der Waals surface area (Å²) in [6, 6.07) is 11.0. The summed E-state index contributed by atoms with van der Waals surface area (Å²) in [5.41, 5.74) is 5.38. The van der Waals surface area contributed by atoms with E-state index in [9.17, 15) is 23.2 Å². The van der Waals surface area contributed by atoms with Crippen LogP contribution in [0.25, 0.3) is 0 Å². The minimum absolute atomic E-state index is 0.0243. The van der Waals surface area contributed by atoms with Gasteiger partial charge in [-0.25, -0.2) is 13.8 Å². The number of benzene rings is 2.